The van der Waals surface area contributed by atoms with Gasteiger partial charge in [-0.25, -0.2) is 0 Å². The SMILES string of the molecule is COc1c(-c2cccc(C(F)(F)F)c2)ccc(=O)c(OC)c1OC. The van der Waals surface area contributed by atoms with Crippen LogP contribution in [0.2, 0.25) is 0 Å². The Morgan fingerprint density at radius 1 is 0.833 bits per heavy atom. The van der Waals surface area contributed by atoms with E-state index >= 15 is 0 Å². The number of alkyl halides is 3. The Labute approximate surface area is 136 Å². The summed E-state index contributed by atoms with van der Waals surface area (Å²) in [6.45, 7) is 0. The normalized spacial score (nSPS) is 11.1. The highest BCUT2D eigenvalue weighted by Crippen LogP contribution is 2.42. The van der Waals surface area contributed by atoms with Gasteiger partial charge in [0.15, 0.2) is 5.75 Å². The van der Waals surface area contributed by atoms with Gasteiger partial charge in [0.05, 0.1) is 26.9 Å². The van der Waals surface area contributed by atoms with Crippen LogP contribution in [0.25, 0.3) is 11.1 Å². The third-order valence-electron chi connectivity index (χ3n) is 3.40. The van der Waals surface area contributed by atoms with Crippen molar-refractivity contribution in [3.05, 3.63) is 52.2 Å². The zero-order valence-electron chi connectivity index (χ0n) is 13.2. The van der Waals surface area contributed by atoms with Crippen molar-refractivity contribution in [1.82, 2.24) is 0 Å². The molecule has 0 aliphatic carbocycles. The predicted molar refractivity (Wildman–Crippen MR) is 82.8 cm³/mol. The molecule has 0 unspecified atom stereocenters. The molecule has 0 saturated heterocycles. The lowest BCUT2D eigenvalue weighted by molar-refractivity contribution is -0.137. The van der Waals surface area contributed by atoms with Crippen LogP contribution in [0.5, 0.6) is 17.2 Å². The van der Waals surface area contributed by atoms with Gasteiger partial charge in [-0.1, -0.05) is 12.1 Å². The van der Waals surface area contributed by atoms with Crippen molar-refractivity contribution in [2.75, 3.05) is 21.3 Å². The lowest BCUT2D eigenvalue weighted by Gasteiger charge is -2.13. The van der Waals surface area contributed by atoms with E-state index in [0.29, 0.717) is 0 Å². The van der Waals surface area contributed by atoms with Crippen LogP contribution < -0.4 is 19.6 Å². The van der Waals surface area contributed by atoms with Gasteiger partial charge in [0.25, 0.3) is 0 Å². The quantitative estimate of drug-likeness (QED) is 0.850. The number of hydrogen-bond donors (Lipinski definition) is 0. The fraction of sp³-hybridized carbons (Fsp3) is 0.235. The minimum absolute atomic E-state index is 0.0161. The van der Waals surface area contributed by atoms with Gasteiger partial charge in [0, 0.05) is 5.56 Å². The highest BCUT2D eigenvalue weighted by molar-refractivity contribution is 5.75. The smallest absolute Gasteiger partial charge is 0.416 e. The maximum absolute atomic E-state index is 12.9. The van der Waals surface area contributed by atoms with Gasteiger partial charge in [-0.3, -0.25) is 4.79 Å². The number of benzene rings is 1. The van der Waals surface area contributed by atoms with Crippen LogP contribution in [0.15, 0.2) is 41.2 Å². The summed E-state index contributed by atoms with van der Waals surface area (Å²) in [6.07, 6.45) is -4.48. The minimum atomic E-state index is -4.48. The maximum atomic E-state index is 12.9. The zero-order chi connectivity index (χ0) is 17.9. The Bertz CT molecular complexity index is 801. The van der Waals surface area contributed by atoms with Crippen LogP contribution in [0.4, 0.5) is 13.2 Å². The third kappa shape index (κ3) is 3.29. The van der Waals surface area contributed by atoms with Crippen molar-refractivity contribution in [1.29, 1.82) is 0 Å². The van der Waals surface area contributed by atoms with Crippen molar-refractivity contribution in [2.45, 2.75) is 6.18 Å². The number of ether oxygens (including phenoxy) is 3. The van der Waals surface area contributed by atoms with Crippen LogP contribution in [0.1, 0.15) is 5.56 Å². The second kappa shape index (κ2) is 6.82. The molecule has 0 spiro atoms. The highest BCUT2D eigenvalue weighted by atomic mass is 19.4. The molecule has 0 saturated carbocycles. The molecular formula is C17H15F3O4. The molecule has 2 rings (SSSR count). The number of hydrogen-bond acceptors (Lipinski definition) is 4. The summed E-state index contributed by atoms with van der Waals surface area (Å²) in [5.74, 6) is 0.0331. The summed E-state index contributed by atoms with van der Waals surface area (Å²) in [7, 11) is 3.94. The Morgan fingerprint density at radius 3 is 2.00 bits per heavy atom. The molecule has 0 N–H and O–H groups in total. The van der Waals surface area contributed by atoms with Gasteiger partial charge in [-0.15, -0.1) is 0 Å². The Morgan fingerprint density at radius 2 is 1.46 bits per heavy atom. The predicted octanol–water partition coefficient (Wildman–Crippen LogP) is 3.76. The summed E-state index contributed by atoms with van der Waals surface area (Å²) in [6, 6.07) is 7.29. The van der Waals surface area contributed by atoms with Gasteiger partial charge in [0.1, 0.15) is 0 Å². The summed E-state index contributed by atoms with van der Waals surface area (Å²) >= 11 is 0. The molecule has 0 aliphatic heterocycles. The van der Waals surface area contributed by atoms with Gasteiger partial charge in [0.2, 0.25) is 16.9 Å². The summed E-state index contributed by atoms with van der Waals surface area (Å²) in [4.78, 5) is 12.1. The summed E-state index contributed by atoms with van der Waals surface area (Å²) in [5, 5.41) is 0. The lowest BCUT2D eigenvalue weighted by Crippen LogP contribution is -2.04. The largest absolute Gasteiger partial charge is 0.492 e. The molecule has 0 heterocycles. The standard InChI is InChI=1S/C17H15F3O4/c1-22-14-12(7-8-13(21)15(23-2)16(14)24-3)10-5-4-6-11(9-10)17(18,19)20/h4-9H,1-3H3. The van der Waals surface area contributed by atoms with Crippen LogP contribution in [0, 0.1) is 0 Å². The fourth-order valence-electron chi connectivity index (χ4n) is 2.32. The lowest BCUT2D eigenvalue weighted by atomic mass is 10.0. The van der Waals surface area contributed by atoms with Crippen molar-refractivity contribution in [3.8, 4) is 28.4 Å². The van der Waals surface area contributed by atoms with E-state index in [1.54, 1.807) is 0 Å². The molecule has 2 aromatic carbocycles. The summed E-state index contributed by atoms with van der Waals surface area (Å²) in [5.41, 5.74) is -0.772. The number of methoxy groups -OCH3 is 3. The molecular weight excluding hydrogens is 325 g/mol. The first-order valence-corrected chi connectivity index (χ1v) is 6.84. The number of rotatable bonds is 4. The molecule has 0 aromatic heterocycles. The first-order valence-electron chi connectivity index (χ1n) is 6.84. The molecule has 7 heteroatoms. The molecule has 0 bridgehead atoms. The fourth-order valence-corrected chi connectivity index (χ4v) is 2.32. The monoisotopic (exact) mass is 340 g/mol. The van der Waals surface area contributed by atoms with E-state index in [4.69, 9.17) is 14.2 Å². The van der Waals surface area contributed by atoms with Crippen molar-refractivity contribution in [2.24, 2.45) is 0 Å². The zero-order valence-corrected chi connectivity index (χ0v) is 13.2. The minimum Gasteiger partial charge on any atom is -0.492 e. The van der Waals surface area contributed by atoms with E-state index in [0.717, 1.165) is 12.1 Å². The average molecular weight is 340 g/mol. The second-order valence-electron chi connectivity index (χ2n) is 4.79. The van der Waals surface area contributed by atoms with E-state index in [2.05, 4.69) is 0 Å². The third-order valence-corrected chi connectivity index (χ3v) is 3.40. The molecule has 0 aliphatic rings. The van der Waals surface area contributed by atoms with E-state index < -0.39 is 17.2 Å². The van der Waals surface area contributed by atoms with E-state index in [9.17, 15) is 18.0 Å². The molecule has 0 radical (unpaired) electrons. The molecule has 4 nitrogen and oxygen atoms in total. The topological polar surface area (TPSA) is 44.8 Å². The van der Waals surface area contributed by atoms with Gasteiger partial charge >= 0.3 is 6.18 Å². The van der Waals surface area contributed by atoms with Crippen LogP contribution in [-0.2, 0) is 6.18 Å². The van der Waals surface area contributed by atoms with Crippen LogP contribution in [0.3, 0.4) is 0 Å². The molecule has 128 valence electrons. The molecule has 2 aromatic rings. The van der Waals surface area contributed by atoms with E-state index in [1.807, 2.05) is 0 Å². The Balaban J connectivity index is 2.81. The van der Waals surface area contributed by atoms with E-state index in [1.165, 1.54) is 45.6 Å². The Kier molecular flexibility index (Phi) is 5.02. The maximum Gasteiger partial charge on any atom is 0.416 e. The molecule has 0 fully saturated rings. The van der Waals surface area contributed by atoms with Crippen LogP contribution in [-0.4, -0.2) is 21.3 Å². The van der Waals surface area contributed by atoms with Gasteiger partial charge in [-0.2, -0.15) is 13.2 Å². The molecule has 0 amide bonds. The Hall–Kier alpha value is -2.70. The molecule has 0 atom stereocenters. The summed E-state index contributed by atoms with van der Waals surface area (Å²) < 4.78 is 54.3. The van der Waals surface area contributed by atoms with Crippen molar-refractivity contribution < 1.29 is 27.4 Å². The van der Waals surface area contributed by atoms with E-state index in [-0.39, 0.29) is 28.4 Å². The first-order chi connectivity index (χ1) is 11.3. The van der Waals surface area contributed by atoms with Gasteiger partial charge < -0.3 is 14.2 Å². The van der Waals surface area contributed by atoms with Crippen LogP contribution >= 0.6 is 0 Å². The highest BCUT2D eigenvalue weighted by Gasteiger charge is 2.30. The average Bonchev–Trinajstić information content (AvgIpc) is 2.69. The first kappa shape index (κ1) is 17.7. The van der Waals surface area contributed by atoms with Gasteiger partial charge in [-0.05, 0) is 29.8 Å². The molecule has 24 heavy (non-hydrogen) atoms. The number of halogens is 3. The van der Waals surface area contributed by atoms with Crippen molar-refractivity contribution in [3.63, 3.8) is 0 Å². The van der Waals surface area contributed by atoms with Crippen molar-refractivity contribution >= 4 is 0 Å². The second-order valence-corrected chi connectivity index (χ2v) is 4.79.